The maximum absolute atomic E-state index is 10.8. The number of azo groups is 1. The highest BCUT2D eigenvalue weighted by Crippen LogP contribution is 2.23. The molecule has 0 heterocycles. The molecule has 0 aliphatic heterocycles. The average Bonchev–Trinajstić information content (AvgIpc) is 2.69. The number of nitro benzene ring substituents is 1. The van der Waals surface area contributed by atoms with Gasteiger partial charge in [0, 0.05) is 24.8 Å². The minimum atomic E-state index is -0.451. The molecule has 0 amide bonds. The van der Waals surface area contributed by atoms with Crippen molar-refractivity contribution in [1.82, 2.24) is 0 Å². The lowest BCUT2D eigenvalue weighted by Gasteiger charge is -2.06. The van der Waals surface area contributed by atoms with Crippen LogP contribution in [0.15, 0.2) is 58.8 Å². The normalized spacial score (nSPS) is 10.9. The van der Waals surface area contributed by atoms with E-state index in [-0.39, 0.29) is 10.8 Å². The Bertz CT molecular complexity index is 792. The largest absolute Gasteiger partial charge is 0.494 e. The zero-order valence-corrected chi connectivity index (χ0v) is 16.6. The van der Waals surface area contributed by atoms with Crippen molar-refractivity contribution in [3.05, 3.63) is 58.6 Å². The number of hydrogen-bond donors (Lipinski definition) is 0. The van der Waals surface area contributed by atoms with Crippen molar-refractivity contribution in [2.75, 3.05) is 12.4 Å². The molecule has 28 heavy (non-hydrogen) atoms. The minimum absolute atomic E-state index is 0.0235. The van der Waals surface area contributed by atoms with Gasteiger partial charge in [-0.05, 0) is 49.2 Å². The predicted octanol–water partition coefficient (Wildman–Crippen LogP) is 6.23. The van der Waals surface area contributed by atoms with E-state index in [0.29, 0.717) is 18.0 Å². The SMILES string of the molecule is CC(=O)SCCCCCCOc1ccc(N=Nc2ccc([N+](=O)[O-])cc2)cc1. The van der Waals surface area contributed by atoms with Crippen molar-refractivity contribution in [1.29, 1.82) is 0 Å². The van der Waals surface area contributed by atoms with E-state index in [1.165, 1.54) is 23.9 Å². The number of benzene rings is 2. The molecule has 0 aromatic heterocycles. The molecule has 148 valence electrons. The quantitative estimate of drug-likeness (QED) is 0.192. The number of unbranched alkanes of at least 4 members (excludes halogenated alkanes) is 3. The molecule has 0 N–H and O–H groups in total. The molecule has 0 fully saturated rings. The van der Waals surface area contributed by atoms with Crippen LogP contribution in [0.2, 0.25) is 0 Å². The highest BCUT2D eigenvalue weighted by Gasteiger charge is 2.03. The van der Waals surface area contributed by atoms with Crippen molar-refractivity contribution in [3.63, 3.8) is 0 Å². The lowest BCUT2D eigenvalue weighted by Crippen LogP contribution is -1.97. The lowest BCUT2D eigenvalue weighted by molar-refractivity contribution is -0.384. The number of carbonyl (C=O) groups excluding carboxylic acids is 1. The highest BCUT2D eigenvalue weighted by molar-refractivity contribution is 8.13. The number of nitrogens with zero attached hydrogens (tertiary/aromatic N) is 3. The molecule has 0 saturated carbocycles. The molecule has 8 heteroatoms. The van der Waals surface area contributed by atoms with Crippen LogP contribution in [0.4, 0.5) is 17.1 Å². The van der Waals surface area contributed by atoms with E-state index >= 15 is 0 Å². The first-order chi connectivity index (χ1) is 13.5. The van der Waals surface area contributed by atoms with Gasteiger partial charge in [-0.15, -0.1) is 0 Å². The number of hydrogen-bond acceptors (Lipinski definition) is 7. The molecule has 2 aromatic rings. The molecule has 0 aliphatic rings. The van der Waals surface area contributed by atoms with Crippen LogP contribution < -0.4 is 4.74 Å². The molecular formula is C20H23N3O4S. The van der Waals surface area contributed by atoms with Crippen LogP contribution in [-0.2, 0) is 4.79 Å². The van der Waals surface area contributed by atoms with Gasteiger partial charge in [0.15, 0.2) is 5.12 Å². The maximum Gasteiger partial charge on any atom is 0.269 e. The molecule has 2 aromatic carbocycles. The zero-order valence-electron chi connectivity index (χ0n) is 15.7. The van der Waals surface area contributed by atoms with Crippen LogP contribution in [-0.4, -0.2) is 22.4 Å². The standard InChI is InChI=1S/C20H23N3O4S/c1-16(24)28-15-5-3-2-4-14-27-20-12-8-18(9-13-20)22-21-17-6-10-19(11-7-17)23(25)26/h6-13H,2-5,14-15H2,1H3. The van der Waals surface area contributed by atoms with Crippen LogP contribution in [0.25, 0.3) is 0 Å². The molecular weight excluding hydrogens is 378 g/mol. The Hall–Kier alpha value is -2.74. The summed E-state index contributed by atoms with van der Waals surface area (Å²) in [5, 5.41) is 19.0. The predicted molar refractivity (Wildman–Crippen MR) is 111 cm³/mol. The third-order valence-corrected chi connectivity index (χ3v) is 4.69. The summed E-state index contributed by atoms with van der Waals surface area (Å²) >= 11 is 1.38. The summed E-state index contributed by atoms with van der Waals surface area (Å²) in [6, 6.07) is 13.2. The number of carbonyl (C=O) groups is 1. The van der Waals surface area contributed by atoms with Crippen LogP contribution in [0.3, 0.4) is 0 Å². The monoisotopic (exact) mass is 401 g/mol. The Morgan fingerprint density at radius 2 is 1.54 bits per heavy atom. The number of rotatable bonds is 11. The third kappa shape index (κ3) is 8.30. The Kier molecular flexibility index (Phi) is 9.14. The Labute approximate surface area is 168 Å². The molecule has 0 saturated heterocycles. The van der Waals surface area contributed by atoms with Crippen LogP contribution in [0.5, 0.6) is 5.75 Å². The summed E-state index contributed by atoms with van der Waals surface area (Å²) in [7, 11) is 0. The van der Waals surface area contributed by atoms with Gasteiger partial charge in [-0.25, -0.2) is 0 Å². The average molecular weight is 401 g/mol. The van der Waals surface area contributed by atoms with Crippen molar-refractivity contribution in [2.24, 2.45) is 10.2 Å². The number of ether oxygens (including phenoxy) is 1. The third-order valence-electron chi connectivity index (χ3n) is 3.79. The van der Waals surface area contributed by atoms with Crippen molar-refractivity contribution >= 4 is 33.9 Å². The second kappa shape index (κ2) is 11.9. The summed E-state index contributed by atoms with van der Waals surface area (Å²) in [4.78, 5) is 21.0. The second-order valence-corrected chi connectivity index (χ2v) is 7.34. The van der Waals surface area contributed by atoms with Gasteiger partial charge in [-0.1, -0.05) is 24.6 Å². The first kappa shape index (κ1) is 21.6. The van der Waals surface area contributed by atoms with E-state index < -0.39 is 4.92 Å². The van der Waals surface area contributed by atoms with Gasteiger partial charge in [0.05, 0.1) is 22.9 Å². The minimum Gasteiger partial charge on any atom is -0.494 e. The molecule has 0 radical (unpaired) electrons. The van der Waals surface area contributed by atoms with Gasteiger partial charge in [-0.2, -0.15) is 10.2 Å². The molecule has 0 bridgehead atoms. The summed E-state index contributed by atoms with van der Waals surface area (Å²) < 4.78 is 5.71. The first-order valence-electron chi connectivity index (χ1n) is 9.07. The first-order valence-corrected chi connectivity index (χ1v) is 10.1. The smallest absolute Gasteiger partial charge is 0.269 e. The van der Waals surface area contributed by atoms with E-state index in [1.807, 2.05) is 24.3 Å². The van der Waals surface area contributed by atoms with Gasteiger partial charge in [0.2, 0.25) is 0 Å². The molecule has 7 nitrogen and oxygen atoms in total. The fourth-order valence-corrected chi connectivity index (χ4v) is 2.97. The van der Waals surface area contributed by atoms with E-state index in [0.717, 1.165) is 37.2 Å². The van der Waals surface area contributed by atoms with Crippen LogP contribution in [0.1, 0.15) is 32.6 Å². The molecule has 0 atom stereocenters. The topological polar surface area (TPSA) is 94.2 Å². The highest BCUT2D eigenvalue weighted by atomic mass is 32.2. The summed E-state index contributed by atoms with van der Waals surface area (Å²) in [6.07, 6.45) is 4.22. The molecule has 2 rings (SSSR count). The molecule has 0 unspecified atom stereocenters. The summed E-state index contributed by atoms with van der Waals surface area (Å²) in [5.74, 6) is 1.67. The fourth-order valence-electron chi connectivity index (χ4n) is 2.33. The van der Waals surface area contributed by atoms with Crippen molar-refractivity contribution in [3.8, 4) is 5.75 Å². The summed E-state index contributed by atoms with van der Waals surface area (Å²) in [6.45, 7) is 2.25. The van der Waals surface area contributed by atoms with Gasteiger partial charge in [0.25, 0.3) is 5.69 Å². The maximum atomic E-state index is 10.8. The fraction of sp³-hybridized carbons (Fsp3) is 0.350. The Morgan fingerprint density at radius 1 is 0.964 bits per heavy atom. The van der Waals surface area contributed by atoms with Crippen LogP contribution in [0, 0.1) is 10.1 Å². The lowest BCUT2D eigenvalue weighted by atomic mass is 10.2. The van der Waals surface area contributed by atoms with Gasteiger partial charge in [-0.3, -0.25) is 14.9 Å². The van der Waals surface area contributed by atoms with Crippen molar-refractivity contribution < 1.29 is 14.5 Å². The molecule has 0 aliphatic carbocycles. The summed E-state index contributed by atoms with van der Waals surface area (Å²) in [5.41, 5.74) is 1.25. The zero-order chi connectivity index (χ0) is 20.2. The van der Waals surface area contributed by atoms with Crippen LogP contribution >= 0.6 is 11.8 Å². The van der Waals surface area contributed by atoms with E-state index in [9.17, 15) is 14.9 Å². The number of non-ortho nitro benzene ring substituents is 1. The van der Waals surface area contributed by atoms with E-state index in [4.69, 9.17) is 4.74 Å². The number of thioether (sulfide) groups is 1. The van der Waals surface area contributed by atoms with E-state index in [2.05, 4.69) is 10.2 Å². The van der Waals surface area contributed by atoms with Gasteiger partial charge < -0.3 is 4.74 Å². The van der Waals surface area contributed by atoms with Gasteiger partial charge in [0.1, 0.15) is 5.75 Å². The number of nitro groups is 1. The van der Waals surface area contributed by atoms with Gasteiger partial charge >= 0.3 is 0 Å². The van der Waals surface area contributed by atoms with E-state index in [1.54, 1.807) is 19.1 Å². The second-order valence-electron chi connectivity index (χ2n) is 6.07. The Morgan fingerprint density at radius 3 is 2.11 bits per heavy atom. The molecule has 0 spiro atoms. The van der Waals surface area contributed by atoms with Crippen molar-refractivity contribution in [2.45, 2.75) is 32.6 Å². The Balaban J connectivity index is 1.68.